The highest BCUT2D eigenvalue weighted by Gasteiger charge is 2.52. The molecular weight excluding hydrogens is 450 g/mol. The molecule has 1 aromatic heterocycles. The summed E-state index contributed by atoms with van der Waals surface area (Å²) in [6, 6.07) is 0. The molecule has 0 amide bonds. The van der Waals surface area contributed by atoms with Crippen LogP contribution in [0, 0.1) is 24.2 Å². The number of carbonyl (C=O) groups is 2. The molecule has 0 saturated carbocycles. The minimum atomic E-state index is -0.896. The molecule has 1 aromatic rings. The SMILES string of the molecule is C/C(=C\c1csc(C)n1)[C@@H]1C[C@@H]2O[C@]2(C)CCC[C@H](C)[C@H](O)[C@@H](C)C(=O)C(C)(C)/C=C/C(=O)O1. The first-order valence-corrected chi connectivity index (χ1v) is 13.1. The predicted octanol–water partition coefficient (Wildman–Crippen LogP) is 5.28. The number of thiazole rings is 1. The van der Waals surface area contributed by atoms with Crippen LogP contribution in [-0.2, 0) is 19.1 Å². The summed E-state index contributed by atoms with van der Waals surface area (Å²) in [5.41, 5.74) is 0.606. The van der Waals surface area contributed by atoms with Crippen LogP contribution >= 0.6 is 11.3 Å². The molecule has 6 nitrogen and oxygen atoms in total. The number of aryl methyl sites for hydroxylation is 1. The number of ether oxygens (including phenoxy) is 2. The van der Waals surface area contributed by atoms with Gasteiger partial charge in [-0.2, -0.15) is 0 Å². The number of carbonyl (C=O) groups excluding carboxylic acids is 2. The molecule has 7 heteroatoms. The van der Waals surface area contributed by atoms with Crippen molar-refractivity contribution in [3.8, 4) is 0 Å². The number of cyclic esters (lactones) is 1. The Bertz CT molecular complexity index is 964. The van der Waals surface area contributed by atoms with E-state index in [1.165, 1.54) is 6.08 Å². The fourth-order valence-corrected chi connectivity index (χ4v) is 5.39. The number of esters is 1. The summed E-state index contributed by atoms with van der Waals surface area (Å²) in [5, 5.41) is 13.8. The third kappa shape index (κ3) is 6.43. The number of rotatable bonds is 2. The summed E-state index contributed by atoms with van der Waals surface area (Å²) in [5.74, 6) is -1.12. The summed E-state index contributed by atoms with van der Waals surface area (Å²) in [6.07, 6.45) is 6.86. The molecule has 34 heavy (non-hydrogen) atoms. The third-order valence-corrected chi connectivity index (χ3v) is 8.15. The normalized spacial score (nSPS) is 36.5. The van der Waals surface area contributed by atoms with Gasteiger partial charge in [0.2, 0.25) is 0 Å². The molecule has 6 atom stereocenters. The standard InChI is InChI=1S/C27H39NO5S/c1-16-9-8-11-27(7)22(33-27)14-21(17(2)13-20-15-34-19(4)28-20)32-23(29)10-12-26(5,6)25(31)18(3)24(16)30/h10,12-13,15-16,18,21-22,24,30H,8-9,11,14H2,1-7H3/b12-10+,17-13+/t16-,18+,21-,22-,24-,27+/m0/s1. The lowest BCUT2D eigenvalue weighted by atomic mass is 9.76. The molecule has 0 radical (unpaired) electrons. The highest BCUT2D eigenvalue weighted by molar-refractivity contribution is 7.09. The van der Waals surface area contributed by atoms with E-state index < -0.39 is 29.5 Å². The molecule has 1 fully saturated rings. The van der Waals surface area contributed by atoms with E-state index in [1.807, 2.05) is 32.2 Å². The van der Waals surface area contributed by atoms with E-state index in [1.54, 1.807) is 38.2 Å². The summed E-state index contributed by atoms with van der Waals surface area (Å²) in [4.78, 5) is 30.4. The van der Waals surface area contributed by atoms with Gasteiger partial charge in [0, 0.05) is 29.2 Å². The molecule has 2 aliphatic rings. The number of aliphatic hydroxyl groups excluding tert-OH is 1. The van der Waals surface area contributed by atoms with Crippen LogP contribution in [-0.4, -0.2) is 45.8 Å². The maximum atomic E-state index is 13.1. The van der Waals surface area contributed by atoms with Gasteiger partial charge >= 0.3 is 5.97 Å². The average molecular weight is 490 g/mol. The molecule has 1 N–H and O–H groups in total. The number of hydrogen-bond acceptors (Lipinski definition) is 7. The van der Waals surface area contributed by atoms with Gasteiger partial charge in [-0.3, -0.25) is 4.79 Å². The van der Waals surface area contributed by atoms with Crippen molar-refractivity contribution in [1.29, 1.82) is 0 Å². The first-order valence-electron chi connectivity index (χ1n) is 12.2. The number of aromatic nitrogens is 1. The van der Waals surface area contributed by atoms with Gasteiger partial charge in [-0.1, -0.05) is 26.3 Å². The van der Waals surface area contributed by atoms with Crippen LogP contribution < -0.4 is 0 Å². The monoisotopic (exact) mass is 489 g/mol. The van der Waals surface area contributed by atoms with Crippen molar-refractivity contribution in [1.82, 2.24) is 4.98 Å². The zero-order chi connectivity index (χ0) is 25.3. The number of allylic oxidation sites excluding steroid dienone is 1. The second-order valence-corrected chi connectivity index (χ2v) is 11.9. The van der Waals surface area contributed by atoms with E-state index >= 15 is 0 Å². The number of fused-ring (bicyclic) bond motifs is 1. The summed E-state index contributed by atoms with van der Waals surface area (Å²) >= 11 is 1.58. The number of aliphatic hydroxyl groups is 1. The van der Waals surface area contributed by atoms with Crippen LogP contribution in [0.2, 0.25) is 0 Å². The molecule has 0 spiro atoms. The Balaban J connectivity index is 1.86. The van der Waals surface area contributed by atoms with Crippen LogP contribution in [0.25, 0.3) is 6.08 Å². The van der Waals surface area contributed by atoms with E-state index in [4.69, 9.17) is 9.47 Å². The maximum Gasteiger partial charge on any atom is 0.331 e. The van der Waals surface area contributed by atoms with Crippen molar-refractivity contribution in [2.75, 3.05) is 0 Å². The largest absolute Gasteiger partial charge is 0.455 e. The lowest BCUT2D eigenvalue weighted by Gasteiger charge is -2.30. The van der Waals surface area contributed by atoms with Gasteiger partial charge in [-0.05, 0) is 65.0 Å². The fourth-order valence-electron chi connectivity index (χ4n) is 4.82. The Morgan fingerprint density at radius 2 is 1.97 bits per heavy atom. The quantitative estimate of drug-likeness (QED) is 0.449. The molecule has 1 saturated heterocycles. The van der Waals surface area contributed by atoms with Gasteiger partial charge in [-0.15, -0.1) is 11.3 Å². The zero-order valence-corrected chi connectivity index (χ0v) is 22.3. The molecule has 2 aliphatic heterocycles. The smallest absolute Gasteiger partial charge is 0.331 e. The van der Waals surface area contributed by atoms with Gasteiger partial charge in [0.25, 0.3) is 0 Å². The Hall–Kier alpha value is -1.83. The number of Topliss-reactive ketones (excluding diaryl/α,β-unsaturated/α-hetero) is 1. The predicted molar refractivity (Wildman–Crippen MR) is 134 cm³/mol. The molecule has 188 valence electrons. The first-order chi connectivity index (χ1) is 15.8. The third-order valence-electron chi connectivity index (χ3n) is 7.35. The van der Waals surface area contributed by atoms with Gasteiger partial charge < -0.3 is 14.6 Å². The van der Waals surface area contributed by atoms with E-state index in [9.17, 15) is 14.7 Å². The number of ketones is 1. The minimum Gasteiger partial charge on any atom is -0.455 e. The second kappa shape index (κ2) is 10.4. The topological polar surface area (TPSA) is 89.0 Å². The molecule has 0 unspecified atom stereocenters. The lowest BCUT2D eigenvalue weighted by molar-refractivity contribution is -0.141. The highest BCUT2D eigenvalue weighted by Crippen LogP contribution is 2.45. The van der Waals surface area contributed by atoms with E-state index in [0.29, 0.717) is 6.42 Å². The molecule has 3 rings (SSSR count). The molecule has 3 heterocycles. The van der Waals surface area contributed by atoms with Crippen molar-refractivity contribution >= 4 is 29.2 Å². The average Bonchev–Trinajstić information content (AvgIpc) is 3.21. The number of nitrogens with zero attached hydrogens (tertiary/aromatic N) is 1. The summed E-state index contributed by atoms with van der Waals surface area (Å²) < 4.78 is 11.9. The van der Waals surface area contributed by atoms with E-state index in [0.717, 1.165) is 35.5 Å². The minimum absolute atomic E-state index is 0.000113. The molecular formula is C27H39NO5S. The van der Waals surface area contributed by atoms with Crippen molar-refractivity contribution < 1.29 is 24.2 Å². The Morgan fingerprint density at radius 3 is 2.62 bits per heavy atom. The number of hydrogen-bond donors (Lipinski definition) is 1. The lowest BCUT2D eigenvalue weighted by Crippen LogP contribution is -2.38. The summed E-state index contributed by atoms with van der Waals surface area (Å²) in [7, 11) is 0. The van der Waals surface area contributed by atoms with E-state index in [-0.39, 0.29) is 23.4 Å². The van der Waals surface area contributed by atoms with Crippen LogP contribution in [0.3, 0.4) is 0 Å². The Kier molecular flexibility index (Phi) is 8.21. The second-order valence-electron chi connectivity index (χ2n) is 10.8. The van der Waals surface area contributed by atoms with Gasteiger partial charge in [-0.25, -0.2) is 9.78 Å². The van der Waals surface area contributed by atoms with E-state index in [2.05, 4.69) is 11.9 Å². The number of epoxide rings is 1. The molecule has 0 aliphatic carbocycles. The van der Waals surface area contributed by atoms with Crippen LogP contribution in [0.5, 0.6) is 0 Å². The van der Waals surface area contributed by atoms with Crippen LogP contribution in [0.1, 0.15) is 77.9 Å². The first kappa shape index (κ1) is 26.8. The fraction of sp³-hybridized carbons (Fsp3) is 0.667. The summed E-state index contributed by atoms with van der Waals surface area (Å²) in [6.45, 7) is 13.3. The van der Waals surface area contributed by atoms with Gasteiger partial charge in [0.15, 0.2) is 0 Å². The van der Waals surface area contributed by atoms with Gasteiger partial charge in [0.1, 0.15) is 11.9 Å². The maximum absolute atomic E-state index is 13.1. The molecule has 0 bridgehead atoms. The highest BCUT2D eigenvalue weighted by atomic mass is 32.1. The van der Waals surface area contributed by atoms with Crippen molar-refractivity contribution in [3.05, 3.63) is 33.8 Å². The van der Waals surface area contributed by atoms with Gasteiger partial charge in [0.05, 0.1) is 28.5 Å². The zero-order valence-electron chi connectivity index (χ0n) is 21.5. The van der Waals surface area contributed by atoms with Crippen molar-refractivity contribution in [3.63, 3.8) is 0 Å². The van der Waals surface area contributed by atoms with Crippen LogP contribution in [0.4, 0.5) is 0 Å². The van der Waals surface area contributed by atoms with Crippen molar-refractivity contribution in [2.24, 2.45) is 17.3 Å². The van der Waals surface area contributed by atoms with Crippen molar-refractivity contribution in [2.45, 2.75) is 98.1 Å². The van der Waals surface area contributed by atoms with Crippen LogP contribution in [0.15, 0.2) is 23.1 Å². The Labute approximate surface area is 207 Å². The molecule has 0 aromatic carbocycles. The Morgan fingerprint density at radius 1 is 1.26 bits per heavy atom.